The van der Waals surface area contributed by atoms with E-state index in [1.54, 1.807) is 6.20 Å². The van der Waals surface area contributed by atoms with Gasteiger partial charge in [0.1, 0.15) is 0 Å². The van der Waals surface area contributed by atoms with Gasteiger partial charge in [0.05, 0.1) is 11.7 Å². The van der Waals surface area contributed by atoms with Crippen LogP contribution in [0.4, 0.5) is 0 Å². The predicted octanol–water partition coefficient (Wildman–Crippen LogP) is 3.33. The molecule has 1 aliphatic rings. The molecular formula is C17H17N5O. The lowest BCUT2D eigenvalue weighted by Crippen LogP contribution is -2.31. The number of carbonyl (C=O) groups excluding carboxylic acids is 1. The molecule has 0 bridgehead atoms. The van der Waals surface area contributed by atoms with Gasteiger partial charge >= 0.3 is 0 Å². The van der Waals surface area contributed by atoms with Crippen molar-refractivity contribution >= 4 is 5.91 Å². The van der Waals surface area contributed by atoms with Crippen LogP contribution in [0.3, 0.4) is 0 Å². The Hall–Kier alpha value is -2.85. The van der Waals surface area contributed by atoms with Crippen LogP contribution in [-0.2, 0) is 4.79 Å². The number of azide groups is 1. The maximum Gasteiger partial charge on any atom is 0.223 e. The topological polar surface area (TPSA) is 82.0 Å². The van der Waals surface area contributed by atoms with Crippen LogP contribution < -0.4 is 0 Å². The van der Waals surface area contributed by atoms with Crippen molar-refractivity contribution in [2.75, 3.05) is 13.1 Å². The summed E-state index contributed by atoms with van der Waals surface area (Å²) in [7, 11) is 0. The molecule has 2 aromatic rings. The summed E-state index contributed by atoms with van der Waals surface area (Å²) in [6, 6.07) is 15.4. The Balaban J connectivity index is 1.93. The molecule has 1 fully saturated rings. The van der Waals surface area contributed by atoms with Crippen molar-refractivity contribution in [1.82, 2.24) is 9.88 Å². The molecule has 0 spiro atoms. The van der Waals surface area contributed by atoms with E-state index in [1.807, 2.05) is 53.4 Å². The second-order valence-corrected chi connectivity index (χ2v) is 5.60. The van der Waals surface area contributed by atoms with Crippen molar-refractivity contribution < 1.29 is 4.79 Å². The molecule has 6 nitrogen and oxygen atoms in total. The van der Waals surface area contributed by atoms with Gasteiger partial charge in [-0.3, -0.25) is 9.78 Å². The summed E-state index contributed by atoms with van der Waals surface area (Å²) >= 11 is 0. The van der Waals surface area contributed by atoms with Gasteiger partial charge in [0, 0.05) is 30.6 Å². The van der Waals surface area contributed by atoms with Gasteiger partial charge in [-0.2, -0.15) is 0 Å². The largest absolute Gasteiger partial charge is 0.330 e. The van der Waals surface area contributed by atoms with Gasteiger partial charge in [-0.1, -0.05) is 41.5 Å². The summed E-state index contributed by atoms with van der Waals surface area (Å²) in [6.07, 6.45) is 2.15. The molecule has 0 aliphatic carbocycles. The minimum atomic E-state index is -0.207. The van der Waals surface area contributed by atoms with E-state index in [0.717, 1.165) is 11.3 Å². The van der Waals surface area contributed by atoms with Crippen molar-refractivity contribution in [3.63, 3.8) is 0 Å². The van der Waals surface area contributed by atoms with Crippen molar-refractivity contribution in [1.29, 1.82) is 0 Å². The van der Waals surface area contributed by atoms with Crippen LogP contribution in [-0.4, -0.2) is 28.9 Å². The molecule has 1 aromatic heterocycles. The molecule has 2 unspecified atom stereocenters. The first-order valence-corrected chi connectivity index (χ1v) is 7.56. The van der Waals surface area contributed by atoms with E-state index in [2.05, 4.69) is 15.0 Å². The number of aromatic nitrogens is 1. The summed E-state index contributed by atoms with van der Waals surface area (Å²) < 4.78 is 0. The second-order valence-electron chi connectivity index (χ2n) is 5.60. The maximum atomic E-state index is 12.5. The van der Waals surface area contributed by atoms with Crippen LogP contribution in [0, 0.1) is 5.92 Å². The zero-order valence-electron chi connectivity index (χ0n) is 12.6. The highest BCUT2D eigenvalue weighted by Gasteiger charge is 2.35. The Morgan fingerprint density at radius 2 is 2.04 bits per heavy atom. The van der Waals surface area contributed by atoms with E-state index in [1.165, 1.54) is 0 Å². The highest BCUT2D eigenvalue weighted by atomic mass is 16.2. The number of carbonyl (C=O) groups is 1. The first-order chi connectivity index (χ1) is 11.3. The van der Waals surface area contributed by atoms with Crippen LogP contribution in [0.1, 0.15) is 23.7 Å². The average molecular weight is 307 g/mol. The lowest BCUT2D eigenvalue weighted by molar-refractivity contribution is -0.129. The molecule has 23 heavy (non-hydrogen) atoms. The van der Waals surface area contributed by atoms with Crippen LogP contribution >= 0.6 is 0 Å². The molecule has 1 aliphatic heterocycles. The van der Waals surface area contributed by atoms with Crippen LogP contribution in [0.2, 0.25) is 0 Å². The minimum absolute atomic E-state index is 0.0633. The van der Waals surface area contributed by atoms with E-state index < -0.39 is 0 Å². The van der Waals surface area contributed by atoms with Crippen LogP contribution in [0.5, 0.6) is 0 Å². The van der Waals surface area contributed by atoms with E-state index in [0.29, 0.717) is 19.5 Å². The van der Waals surface area contributed by atoms with Gasteiger partial charge in [0.25, 0.3) is 0 Å². The molecule has 3 rings (SSSR count). The smallest absolute Gasteiger partial charge is 0.223 e. The summed E-state index contributed by atoms with van der Waals surface area (Å²) in [5.41, 5.74) is 10.3. The third-order valence-electron chi connectivity index (χ3n) is 4.04. The van der Waals surface area contributed by atoms with Crippen molar-refractivity contribution in [2.45, 2.75) is 12.5 Å². The van der Waals surface area contributed by atoms with E-state index in [4.69, 9.17) is 5.53 Å². The fraction of sp³-hybridized carbons (Fsp3) is 0.294. The van der Waals surface area contributed by atoms with E-state index >= 15 is 0 Å². The molecule has 0 saturated carbocycles. The SMILES string of the molecule is [N-]=[N+]=NCC1CC(=O)N(C(c2ccccc2)c2ccccn2)C1. The second kappa shape index (κ2) is 6.94. The maximum absolute atomic E-state index is 12.5. The molecule has 0 radical (unpaired) electrons. The minimum Gasteiger partial charge on any atom is -0.330 e. The standard InChI is InChI=1S/C17H17N5O/c18-21-20-11-13-10-16(23)22(12-13)17(14-6-2-1-3-7-14)15-8-4-5-9-19-15/h1-9,13,17H,10-12H2. The van der Waals surface area contributed by atoms with Gasteiger partial charge in [-0.05, 0) is 29.1 Å². The molecule has 1 amide bonds. The fourth-order valence-electron chi connectivity index (χ4n) is 3.02. The molecule has 6 heteroatoms. The molecular weight excluding hydrogens is 290 g/mol. The van der Waals surface area contributed by atoms with Crippen molar-refractivity contribution in [3.05, 3.63) is 76.4 Å². The first kappa shape index (κ1) is 15.1. The number of likely N-dealkylation sites (tertiary alicyclic amines) is 1. The highest BCUT2D eigenvalue weighted by Crippen LogP contribution is 2.33. The summed E-state index contributed by atoms with van der Waals surface area (Å²) in [5, 5.41) is 3.61. The lowest BCUT2D eigenvalue weighted by atomic mass is 10.0. The molecule has 0 N–H and O–H groups in total. The van der Waals surface area contributed by atoms with Gasteiger partial charge in [-0.15, -0.1) is 0 Å². The Labute approximate surface area is 134 Å². The van der Waals surface area contributed by atoms with Crippen LogP contribution in [0.15, 0.2) is 59.8 Å². The van der Waals surface area contributed by atoms with E-state index in [-0.39, 0.29) is 17.9 Å². The Bertz CT molecular complexity index is 673. The van der Waals surface area contributed by atoms with Gasteiger partial charge in [0.15, 0.2) is 0 Å². The molecule has 2 heterocycles. The third-order valence-corrected chi connectivity index (χ3v) is 4.04. The van der Waals surface area contributed by atoms with Gasteiger partial charge in [0.2, 0.25) is 5.91 Å². The number of pyridine rings is 1. The molecule has 116 valence electrons. The number of benzene rings is 1. The fourth-order valence-corrected chi connectivity index (χ4v) is 3.02. The zero-order valence-corrected chi connectivity index (χ0v) is 12.6. The summed E-state index contributed by atoms with van der Waals surface area (Å²) in [4.78, 5) is 21.6. The number of hydrogen-bond donors (Lipinski definition) is 0. The average Bonchev–Trinajstić information content (AvgIpc) is 2.96. The Morgan fingerprint density at radius 1 is 1.26 bits per heavy atom. The normalized spacial score (nSPS) is 18.5. The lowest BCUT2D eigenvalue weighted by Gasteiger charge is -2.28. The monoisotopic (exact) mass is 307 g/mol. The molecule has 2 atom stereocenters. The zero-order chi connectivity index (χ0) is 16.1. The summed E-state index contributed by atoms with van der Waals surface area (Å²) in [6.45, 7) is 0.927. The quantitative estimate of drug-likeness (QED) is 0.482. The van der Waals surface area contributed by atoms with Crippen molar-refractivity contribution in [2.24, 2.45) is 11.0 Å². The molecule has 1 aromatic carbocycles. The summed E-state index contributed by atoms with van der Waals surface area (Å²) in [5.74, 6) is 0.135. The number of hydrogen-bond acceptors (Lipinski definition) is 3. The highest BCUT2D eigenvalue weighted by molar-refractivity contribution is 5.79. The predicted molar refractivity (Wildman–Crippen MR) is 86.4 cm³/mol. The Kier molecular flexibility index (Phi) is 4.54. The first-order valence-electron chi connectivity index (χ1n) is 7.56. The number of amides is 1. The van der Waals surface area contributed by atoms with E-state index in [9.17, 15) is 4.79 Å². The molecule has 1 saturated heterocycles. The van der Waals surface area contributed by atoms with Gasteiger partial charge < -0.3 is 4.90 Å². The van der Waals surface area contributed by atoms with Gasteiger partial charge in [-0.25, -0.2) is 0 Å². The Morgan fingerprint density at radius 3 is 2.74 bits per heavy atom. The number of nitrogens with zero attached hydrogens (tertiary/aromatic N) is 5. The third kappa shape index (κ3) is 3.33. The number of rotatable bonds is 5. The van der Waals surface area contributed by atoms with Crippen LogP contribution in [0.25, 0.3) is 10.4 Å². The van der Waals surface area contributed by atoms with Crippen molar-refractivity contribution in [3.8, 4) is 0 Å².